The number of anilines is 1. The molecule has 152 valence electrons. The van der Waals surface area contributed by atoms with Crippen LogP contribution in [0.4, 0.5) is 5.69 Å². The molecule has 0 aromatic heterocycles. The van der Waals surface area contributed by atoms with Crippen molar-refractivity contribution >= 4 is 23.1 Å². The third-order valence-corrected chi connectivity index (χ3v) is 5.41. The minimum absolute atomic E-state index is 0.0168. The first-order valence-corrected chi connectivity index (χ1v) is 9.48. The summed E-state index contributed by atoms with van der Waals surface area (Å²) in [5.41, 5.74) is 3.88. The van der Waals surface area contributed by atoms with E-state index in [0.717, 1.165) is 16.7 Å². The van der Waals surface area contributed by atoms with E-state index in [1.807, 2.05) is 42.5 Å². The SMILES string of the molecule is O=C1Cc2cc(NC3C(O)OC(CO)[C@@H](O)[C@@H]3O)ccc2C=C1c1ccccc1. The number of aliphatic hydroxyl groups is 4. The standard InChI is InChI=1S/C22H23NO6/c24-11-18-20(26)21(27)19(22(28)29-18)23-15-7-6-13-9-16(12-4-2-1-3-5-12)17(25)10-14(13)8-15/h1-9,18-24,26-28H,10-11H2/t18?,19?,20-,21-,22?/m1/s1. The first-order valence-electron chi connectivity index (χ1n) is 9.48. The molecule has 0 saturated carbocycles. The number of carbonyl (C=O) groups excluding carboxylic acids is 1. The minimum Gasteiger partial charge on any atom is -0.394 e. The molecule has 7 nitrogen and oxygen atoms in total. The van der Waals surface area contributed by atoms with Gasteiger partial charge in [-0.3, -0.25) is 4.79 Å². The van der Waals surface area contributed by atoms with Gasteiger partial charge in [-0.2, -0.15) is 0 Å². The van der Waals surface area contributed by atoms with E-state index in [4.69, 9.17) is 9.84 Å². The van der Waals surface area contributed by atoms with Gasteiger partial charge in [0.2, 0.25) is 0 Å². The number of benzene rings is 2. The molecule has 5 N–H and O–H groups in total. The molecule has 1 fully saturated rings. The number of rotatable bonds is 4. The van der Waals surface area contributed by atoms with Crippen molar-refractivity contribution in [2.24, 2.45) is 0 Å². The smallest absolute Gasteiger partial charge is 0.178 e. The highest BCUT2D eigenvalue weighted by molar-refractivity contribution is 6.27. The van der Waals surface area contributed by atoms with E-state index in [2.05, 4.69) is 5.32 Å². The highest BCUT2D eigenvalue weighted by atomic mass is 16.6. The summed E-state index contributed by atoms with van der Waals surface area (Å²) >= 11 is 0. The van der Waals surface area contributed by atoms with Gasteiger partial charge in [0.1, 0.15) is 24.4 Å². The highest BCUT2D eigenvalue weighted by Crippen LogP contribution is 2.31. The highest BCUT2D eigenvalue weighted by Gasteiger charge is 2.43. The first kappa shape index (κ1) is 19.8. The number of hydrogen-bond acceptors (Lipinski definition) is 7. The molecule has 0 radical (unpaired) electrons. The monoisotopic (exact) mass is 397 g/mol. The van der Waals surface area contributed by atoms with Crippen LogP contribution >= 0.6 is 0 Å². The van der Waals surface area contributed by atoms with Crippen LogP contribution in [0.2, 0.25) is 0 Å². The summed E-state index contributed by atoms with van der Waals surface area (Å²) in [6, 6.07) is 13.9. The van der Waals surface area contributed by atoms with Crippen LogP contribution < -0.4 is 5.32 Å². The van der Waals surface area contributed by atoms with E-state index in [0.29, 0.717) is 11.3 Å². The third-order valence-electron chi connectivity index (χ3n) is 5.41. The van der Waals surface area contributed by atoms with Gasteiger partial charge in [-0.15, -0.1) is 0 Å². The van der Waals surface area contributed by atoms with E-state index in [1.165, 1.54) is 0 Å². The predicted molar refractivity (Wildman–Crippen MR) is 107 cm³/mol. The van der Waals surface area contributed by atoms with Crippen molar-refractivity contribution in [2.75, 3.05) is 11.9 Å². The lowest BCUT2D eigenvalue weighted by Gasteiger charge is -2.40. The Balaban J connectivity index is 1.56. The lowest BCUT2D eigenvalue weighted by Crippen LogP contribution is -2.61. The lowest BCUT2D eigenvalue weighted by molar-refractivity contribution is -0.245. The summed E-state index contributed by atoms with van der Waals surface area (Å²) in [7, 11) is 0. The number of Topliss-reactive ketones (excluding diaryl/α,β-unsaturated/α-hetero) is 1. The Morgan fingerprint density at radius 3 is 2.52 bits per heavy atom. The molecule has 4 rings (SSSR count). The molecule has 0 bridgehead atoms. The van der Waals surface area contributed by atoms with Gasteiger partial charge in [0.25, 0.3) is 0 Å². The van der Waals surface area contributed by atoms with Crippen LogP contribution in [0.5, 0.6) is 0 Å². The Hall–Kier alpha value is -2.55. The molecular formula is C22H23NO6. The van der Waals surface area contributed by atoms with E-state index in [1.54, 1.807) is 12.1 Å². The maximum atomic E-state index is 12.6. The maximum Gasteiger partial charge on any atom is 0.178 e. The average molecular weight is 397 g/mol. The molecule has 2 aromatic rings. The second-order valence-electron chi connectivity index (χ2n) is 7.34. The summed E-state index contributed by atoms with van der Waals surface area (Å²) < 4.78 is 5.17. The molecule has 3 unspecified atom stereocenters. The Bertz CT molecular complexity index is 928. The fourth-order valence-corrected chi connectivity index (χ4v) is 3.80. The molecule has 0 spiro atoms. The van der Waals surface area contributed by atoms with Crippen LogP contribution in [0.3, 0.4) is 0 Å². The van der Waals surface area contributed by atoms with Crippen LogP contribution in [0.1, 0.15) is 16.7 Å². The van der Waals surface area contributed by atoms with Crippen molar-refractivity contribution in [2.45, 2.75) is 37.1 Å². The molecule has 29 heavy (non-hydrogen) atoms. The van der Waals surface area contributed by atoms with Crippen molar-refractivity contribution in [1.82, 2.24) is 0 Å². The number of ether oxygens (including phenoxy) is 1. The minimum atomic E-state index is -1.41. The van der Waals surface area contributed by atoms with Crippen LogP contribution in [0.25, 0.3) is 11.6 Å². The Labute approximate surface area is 167 Å². The fraction of sp³-hybridized carbons (Fsp3) is 0.318. The molecule has 5 atom stereocenters. The Morgan fingerprint density at radius 2 is 1.79 bits per heavy atom. The summed E-state index contributed by atoms with van der Waals surface area (Å²) in [5, 5.41) is 42.6. The van der Waals surface area contributed by atoms with Gasteiger partial charge in [0.05, 0.1) is 6.61 Å². The normalized spacial score (nSPS) is 29.2. The molecule has 2 aliphatic rings. The number of carbonyl (C=O) groups is 1. The van der Waals surface area contributed by atoms with Crippen molar-refractivity contribution in [3.8, 4) is 0 Å². The van der Waals surface area contributed by atoms with Gasteiger partial charge in [-0.05, 0) is 34.9 Å². The van der Waals surface area contributed by atoms with Crippen molar-refractivity contribution in [1.29, 1.82) is 0 Å². The Morgan fingerprint density at radius 1 is 1.03 bits per heavy atom. The molecule has 7 heteroatoms. The predicted octanol–water partition coefficient (Wildman–Crippen LogP) is 0.564. The van der Waals surface area contributed by atoms with Crippen LogP contribution in [-0.4, -0.2) is 63.5 Å². The van der Waals surface area contributed by atoms with Crippen molar-refractivity contribution < 1.29 is 30.0 Å². The van der Waals surface area contributed by atoms with Crippen LogP contribution in [-0.2, 0) is 16.0 Å². The first-order chi connectivity index (χ1) is 14.0. The summed E-state index contributed by atoms with van der Waals surface area (Å²) in [4.78, 5) is 12.6. The van der Waals surface area contributed by atoms with Gasteiger partial charge in [0.15, 0.2) is 12.1 Å². The van der Waals surface area contributed by atoms with Crippen LogP contribution in [0.15, 0.2) is 48.5 Å². The van der Waals surface area contributed by atoms with Gasteiger partial charge >= 0.3 is 0 Å². The zero-order chi connectivity index (χ0) is 20.5. The largest absolute Gasteiger partial charge is 0.394 e. The number of hydrogen-bond donors (Lipinski definition) is 5. The molecule has 1 aliphatic heterocycles. The topological polar surface area (TPSA) is 119 Å². The van der Waals surface area contributed by atoms with Crippen LogP contribution in [0, 0.1) is 0 Å². The number of allylic oxidation sites excluding steroid dienone is 1. The summed E-state index contributed by atoms with van der Waals surface area (Å²) in [6.07, 6.45) is -3.03. The quantitative estimate of drug-likeness (QED) is 0.512. The second kappa shape index (κ2) is 8.06. The number of aliphatic hydroxyl groups excluding tert-OH is 4. The van der Waals surface area contributed by atoms with E-state index in [9.17, 15) is 20.1 Å². The maximum absolute atomic E-state index is 12.6. The van der Waals surface area contributed by atoms with E-state index >= 15 is 0 Å². The third kappa shape index (κ3) is 3.83. The van der Waals surface area contributed by atoms with Gasteiger partial charge in [-0.25, -0.2) is 0 Å². The van der Waals surface area contributed by atoms with E-state index in [-0.39, 0.29) is 12.2 Å². The zero-order valence-corrected chi connectivity index (χ0v) is 15.6. The van der Waals surface area contributed by atoms with Crippen molar-refractivity contribution in [3.63, 3.8) is 0 Å². The Kier molecular flexibility index (Phi) is 5.49. The number of nitrogens with one attached hydrogen (secondary N) is 1. The van der Waals surface area contributed by atoms with Gasteiger partial charge < -0.3 is 30.5 Å². The second-order valence-corrected chi connectivity index (χ2v) is 7.34. The molecular weight excluding hydrogens is 374 g/mol. The fourth-order valence-electron chi connectivity index (χ4n) is 3.80. The van der Waals surface area contributed by atoms with Gasteiger partial charge in [0, 0.05) is 17.7 Å². The molecule has 1 aliphatic carbocycles. The van der Waals surface area contributed by atoms with Crippen molar-refractivity contribution in [3.05, 3.63) is 65.2 Å². The summed E-state index contributed by atoms with van der Waals surface area (Å²) in [5.74, 6) is 0.0168. The average Bonchev–Trinajstić information content (AvgIpc) is 2.73. The molecule has 2 aromatic carbocycles. The molecule has 1 heterocycles. The van der Waals surface area contributed by atoms with Gasteiger partial charge in [-0.1, -0.05) is 36.4 Å². The lowest BCUT2D eigenvalue weighted by atomic mass is 9.87. The molecule has 1 saturated heterocycles. The molecule has 0 amide bonds. The van der Waals surface area contributed by atoms with E-state index < -0.39 is 37.3 Å². The number of fused-ring (bicyclic) bond motifs is 1. The summed E-state index contributed by atoms with van der Waals surface area (Å²) in [6.45, 7) is -0.515. The number of ketones is 1. The zero-order valence-electron chi connectivity index (χ0n) is 15.6.